The summed E-state index contributed by atoms with van der Waals surface area (Å²) < 4.78 is 5.09. The van der Waals surface area contributed by atoms with Gasteiger partial charge >= 0.3 is 5.97 Å². The van der Waals surface area contributed by atoms with Crippen LogP contribution in [0.25, 0.3) is 10.9 Å². The van der Waals surface area contributed by atoms with E-state index in [9.17, 15) is 4.79 Å². The van der Waals surface area contributed by atoms with Crippen LogP contribution in [-0.4, -0.2) is 22.5 Å². The third-order valence-electron chi connectivity index (χ3n) is 4.74. The van der Waals surface area contributed by atoms with Gasteiger partial charge in [0.25, 0.3) is 0 Å². The summed E-state index contributed by atoms with van der Waals surface area (Å²) in [4.78, 5) is 22.0. The van der Waals surface area contributed by atoms with Crippen LogP contribution in [0.15, 0.2) is 79.0 Å². The molecule has 0 saturated heterocycles. The lowest BCUT2D eigenvalue weighted by Crippen LogP contribution is -2.23. The molecule has 0 aliphatic rings. The van der Waals surface area contributed by atoms with E-state index in [-0.39, 0.29) is 5.97 Å². The van der Waals surface area contributed by atoms with Crippen molar-refractivity contribution in [1.82, 2.24) is 9.97 Å². The maximum atomic E-state index is 12.0. The van der Waals surface area contributed by atoms with Crippen LogP contribution in [0.1, 0.15) is 28.5 Å². The van der Waals surface area contributed by atoms with Gasteiger partial charge in [-0.1, -0.05) is 60.7 Å². The zero-order chi connectivity index (χ0) is 20.1. The number of H-pyrrole nitrogens is 1. The van der Waals surface area contributed by atoms with Gasteiger partial charge in [0.15, 0.2) is 0 Å². The molecule has 0 radical (unpaired) electrons. The van der Waals surface area contributed by atoms with Gasteiger partial charge < -0.3 is 14.6 Å². The number of ether oxygens (including phenoxy) is 1. The van der Waals surface area contributed by atoms with Gasteiger partial charge in [0.1, 0.15) is 11.5 Å². The minimum absolute atomic E-state index is 0.347. The quantitative estimate of drug-likeness (QED) is 0.458. The van der Waals surface area contributed by atoms with Crippen molar-refractivity contribution in [3.8, 4) is 0 Å². The van der Waals surface area contributed by atoms with Crippen LogP contribution in [0.2, 0.25) is 0 Å². The van der Waals surface area contributed by atoms with Crippen LogP contribution in [-0.2, 0) is 17.8 Å². The molecule has 4 aromatic rings. The van der Waals surface area contributed by atoms with Gasteiger partial charge in [0.2, 0.25) is 0 Å². The molecule has 0 unspecified atom stereocenters. The molecule has 0 spiro atoms. The topological polar surface area (TPSA) is 58.2 Å². The molecule has 0 atom stereocenters. The maximum Gasteiger partial charge on any atom is 0.354 e. The summed E-state index contributed by atoms with van der Waals surface area (Å²) in [5, 5.41) is 0.934. The summed E-state index contributed by atoms with van der Waals surface area (Å²) in [6.07, 6.45) is 1.77. The first-order chi connectivity index (χ1) is 14.2. The summed E-state index contributed by atoms with van der Waals surface area (Å²) in [6, 6.07) is 24.5. The molecule has 2 aromatic carbocycles. The van der Waals surface area contributed by atoms with Gasteiger partial charge in [0, 0.05) is 18.5 Å². The Labute approximate surface area is 170 Å². The first kappa shape index (κ1) is 18.7. The summed E-state index contributed by atoms with van der Waals surface area (Å²) in [7, 11) is 0. The van der Waals surface area contributed by atoms with Crippen molar-refractivity contribution in [2.24, 2.45) is 0 Å². The Morgan fingerprint density at radius 3 is 2.17 bits per heavy atom. The van der Waals surface area contributed by atoms with Crippen LogP contribution < -0.4 is 4.90 Å². The predicted octanol–water partition coefficient (Wildman–Crippen LogP) is 4.95. The van der Waals surface area contributed by atoms with Gasteiger partial charge in [0.05, 0.1) is 18.3 Å². The number of fused-ring (bicyclic) bond motifs is 1. The van der Waals surface area contributed by atoms with Gasteiger partial charge in [-0.15, -0.1) is 0 Å². The van der Waals surface area contributed by atoms with Gasteiger partial charge in [-0.3, -0.25) is 0 Å². The summed E-state index contributed by atoms with van der Waals surface area (Å²) >= 11 is 0. The van der Waals surface area contributed by atoms with Crippen molar-refractivity contribution in [2.45, 2.75) is 20.0 Å². The van der Waals surface area contributed by atoms with Crippen LogP contribution in [0.5, 0.6) is 0 Å². The highest BCUT2D eigenvalue weighted by atomic mass is 16.5. The van der Waals surface area contributed by atoms with Gasteiger partial charge in [-0.25, -0.2) is 9.78 Å². The number of nitrogens with one attached hydrogen (secondary N) is 1. The molecule has 146 valence electrons. The van der Waals surface area contributed by atoms with Crippen molar-refractivity contribution in [3.05, 3.63) is 95.8 Å². The molecule has 2 heterocycles. The number of esters is 1. The number of anilines is 1. The second-order valence-corrected chi connectivity index (χ2v) is 6.86. The molecule has 5 nitrogen and oxygen atoms in total. The van der Waals surface area contributed by atoms with Crippen molar-refractivity contribution in [1.29, 1.82) is 0 Å². The summed E-state index contributed by atoms with van der Waals surface area (Å²) in [5.74, 6) is 0.510. The van der Waals surface area contributed by atoms with E-state index in [2.05, 4.69) is 39.1 Å². The Kier molecular flexibility index (Phi) is 5.56. The Hall–Kier alpha value is -3.60. The number of aromatic amines is 1. The second kappa shape index (κ2) is 8.61. The SMILES string of the molecule is CCOC(=O)c1cc2cc(N(Cc3ccccc3)Cc3ccccc3)ncc2[nH]1. The number of aromatic nitrogens is 2. The zero-order valence-electron chi connectivity index (χ0n) is 16.3. The fourth-order valence-electron chi connectivity index (χ4n) is 3.34. The highest BCUT2D eigenvalue weighted by Gasteiger charge is 2.14. The van der Waals surface area contributed by atoms with Crippen molar-refractivity contribution >= 4 is 22.7 Å². The molecule has 2 aromatic heterocycles. The molecule has 0 bridgehead atoms. The van der Waals surface area contributed by atoms with E-state index >= 15 is 0 Å². The summed E-state index contributed by atoms with van der Waals surface area (Å²) in [5.41, 5.74) is 3.69. The first-order valence-corrected chi connectivity index (χ1v) is 9.71. The maximum absolute atomic E-state index is 12.0. The Bertz CT molecular complexity index is 1050. The molecule has 5 heteroatoms. The Morgan fingerprint density at radius 2 is 1.59 bits per heavy atom. The van der Waals surface area contributed by atoms with Crippen molar-refractivity contribution in [2.75, 3.05) is 11.5 Å². The minimum Gasteiger partial charge on any atom is -0.461 e. The number of hydrogen-bond acceptors (Lipinski definition) is 4. The van der Waals surface area contributed by atoms with E-state index in [0.29, 0.717) is 12.3 Å². The third-order valence-corrected chi connectivity index (χ3v) is 4.74. The minimum atomic E-state index is -0.351. The number of nitrogens with zero attached hydrogens (tertiary/aromatic N) is 2. The third kappa shape index (κ3) is 4.46. The molecule has 0 fully saturated rings. The number of rotatable bonds is 7. The van der Waals surface area contributed by atoms with Crippen LogP contribution >= 0.6 is 0 Å². The normalized spacial score (nSPS) is 10.8. The summed E-state index contributed by atoms with van der Waals surface area (Å²) in [6.45, 7) is 3.62. The largest absolute Gasteiger partial charge is 0.461 e. The number of benzene rings is 2. The number of pyridine rings is 1. The Morgan fingerprint density at radius 1 is 0.966 bits per heavy atom. The Balaban J connectivity index is 1.67. The lowest BCUT2D eigenvalue weighted by atomic mass is 10.1. The number of carbonyl (C=O) groups is 1. The van der Waals surface area contributed by atoms with Crippen LogP contribution in [0.3, 0.4) is 0 Å². The smallest absolute Gasteiger partial charge is 0.354 e. The monoisotopic (exact) mass is 385 g/mol. The first-order valence-electron chi connectivity index (χ1n) is 9.71. The molecule has 29 heavy (non-hydrogen) atoms. The number of carbonyl (C=O) groups excluding carboxylic acids is 1. The van der Waals surface area contributed by atoms with E-state index in [1.54, 1.807) is 13.1 Å². The molecule has 4 rings (SSSR count). The van der Waals surface area contributed by atoms with E-state index < -0.39 is 0 Å². The molecule has 0 amide bonds. The van der Waals surface area contributed by atoms with Crippen LogP contribution in [0.4, 0.5) is 5.82 Å². The highest BCUT2D eigenvalue weighted by molar-refractivity contribution is 5.95. The molecular formula is C24H23N3O2. The van der Waals surface area contributed by atoms with Gasteiger partial charge in [-0.05, 0) is 30.2 Å². The fraction of sp³-hybridized carbons (Fsp3) is 0.167. The molecule has 1 N–H and O–H groups in total. The van der Waals surface area contributed by atoms with Crippen molar-refractivity contribution in [3.63, 3.8) is 0 Å². The van der Waals surface area contributed by atoms with Crippen molar-refractivity contribution < 1.29 is 9.53 Å². The average molecular weight is 385 g/mol. The van der Waals surface area contributed by atoms with E-state index in [1.165, 1.54) is 11.1 Å². The molecule has 0 aliphatic carbocycles. The highest BCUT2D eigenvalue weighted by Crippen LogP contribution is 2.24. The zero-order valence-corrected chi connectivity index (χ0v) is 16.3. The predicted molar refractivity (Wildman–Crippen MR) is 115 cm³/mol. The second-order valence-electron chi connectivity index (χ2n) is 6.86. The molecular weight excluding hydrogens is 362 g/mol. The number of hydrogen-bond donors (Lipinski definition) is 1. The average Bonchev–Trinajstić information content (AvgIpc) is 3.18. The fourth-order valence-corrected chi connectivity index (χ4v) is 3.34. The van der Waals surface area contributed by atoms with Gasteiger partial charge in [-0.2, -0.15) is 0 Å². The molecule has 0 aliphatic heterocycles. The molecule has 0 saturated carbocycles. The van der Waals surface area contributed by atoms with E-state index in [4.69, 9.17) is 4.74 Å². The lowest BCUT2D eigenvalue weighted by Gasteiger charge is -2.24. The van der Waals surface area contributed by atoms with E-state index in [0.717, 1.165) is 29.8 Å². The lowest BCUT2D eigenvalue weighted by molar-refractivity contribution is 0.0520. The van der Waals surface area contributed by atoms with Crippen LogP contribution in [0, 0.1) is 0 Å². The van der Waals surface area contributed by atoms with E-state index in [1.807, 2.05) is 48.5 Å². The standard InChI is InChI=1S/C24H23N3O2/c1-2-29-24(28)21-13-20-14-23(25-15-22(20)26-21)27(16-18-9-5-3-6-10-18)17-19-11-7-4-8-12-19/h3-15,26H,2,16-17H2,1H3.